The van der Waals surface area contributed by atoms with Crippen LogP contribution in [-0.2, 0) is 17.6 Å². The van der Waals surface area contributed by atoms with Crippen LogP contribution >= 0.6 is 23.1 Å². The number of fused-ring (bicyclic) bond motifs is 1. The van der Waals surface area contributed by atoms with E-state index in [4.69, 9.17) is 5.73 Å². The molecule has 1 atom stereocenters. The topological polar surface area (TPSA) is 103 Å². The van der Waals surface area contributed by atoms with Gasteiger partial charge in [0.15, 0.2) is 11.0 Å². The molecule has 1 aliphatic carbocycles. The van der Waals surface area contributed by atoms with Gasteiger partial charge < -0.3 is 11.1 Å². The molecule has 0 saturated carbocycles. The number of thiophene rings is 1. The number of nitrogens with one attached hydrogen (secondary N) is 1. The average molecular weight is 470 g/mol. The van der Waals surface area contributed by atoms with Crippen LogP contribution in [-0.4, -0.2) is 32.3 Å². The molecule has 4 rings (SSSR count). The van der Waals surface area contributed by atoms with Gasteiger partial charge in [0.25, 0.3) is 5.91 Å². The molecule has 1 unspecified atom stereocenters. The number of anilines is 1. The van der Waals surface area contributed by atoms with Crippen LogP contribution in [0.3, 0.4) is 0 Å². The second-order valence-electron chi connectivity index (χ2n) is 8.42. The van der Waals surface area contributed by atoms with E-state index in [2.05, 4.69) is 46.2 Å². The lowest BCUT2D eigenvalue weighted by atomic mass is 9.88. The first-order chi connectivity index (χ1) is 15.3. The molecule has 0 radical (unpaired) electrons. The number of aromatic nitrogens is 3. The third kappa shape index (κ3) is 4.59. The Morgan fingerprint density at radius 2 is 2.09 bits per heavy atom. The maximum Gasteiger partial charge on any atom is 0.250 e. The molecule has 0 aliphatic heterocycles. The number of benzene rings is 1. The molecule has 0 fully saturated rings. The van der Waals surface area contributed by atoms with E-state index in [1.807, 2.05) is 11.3 Å². The zero-order valence-corrected chi connectivity index (χ0v) is 20.1. The normalized spacial score (nSPS) is 15.6. The second-order valence-corrected chi connectivity index (χ2v) is 10.3. The summed E-state index contributed by atoms with van der Waals surface area (Å²) in [4.78, 5) is 25.6. The quantitative estimate of drug-likeness (QED) is 0.495. The fourth-order valence-corrected chi connectivity index (χ4v) is 6.12. The highest BCUT2D eigenvalue weighted by atomic mass is 32.2. The number of hydrogen-bond acceptors (Lipinski definition) is 6. The number of nitrogens with zero attached hydrogens (tertiary/aromatic N) is 3. The van der Waals surface area contributed by atoms with E-state index in [0.29, 0.717) is 10.8 Å². The number of primary amides is 1. The molecule has 7 nitrogen and oxygen atoms in total. The average Bonchev–Trinajstić information content (AvgIpc) is 3.35. The molecule has 3 N–H and O–H groups in total. The molecule has 2 aromatic heterocycles. The summed E-state index contributed by atoms with van der Waals surface area (Å²) in [6.07, 6.45) is 3.40. The lowest BCUT2D eigenvalue weighted by Gasteiger charge is -2.19. The van der Waals surface area contributed by atoms with Crippen molar-refractivity contribution >= 4 is 40.6 Å². The summed E-state index contributed by atoms with van der Waals surface area (Å²) in [6, 6.07) is 6.87. The van der Waals surface area contributed by atoms with Crippen molar-refractivity contribution in [3.63, 3.8) is 0 Å². The van der Waals surface area contributed by atoms with E-state index in [-0.39, 0.29) is 23.3 Å². The van der Waals surface area contributed by atoms with Gasteiger partial charge in [-0.25, -0.2) is 0 Å². The number of rotatable bonds is 7. The molecule has 168 valence electrons. The van der Waals surface area contributed by atoms with Crippen LogP contribution in [0.2, 0.25) is 0 Å². The molecule has 0 saturated heterocycles. The van der Waals surface area contributed by atoms with E-state index < -0.39 is 5.91 Å². The standard InChI is InChI=1S/C23H27N5O2S2/c1-13(2)28-22(17-11-31-19-10-14(3)8-9-15(17)19)26-27-23(28)32-12-20(29)25-18-7-5-4-6-16(18)21(24)30/h4-7,11,13-14H,8-10,12H2,1-3H3,(H2,24,30)(H,25,29). The highest BCUT2D eigenvalue weighted by molar-refractivity contribution is 7.99. The lowest BCUT2D eigenvalue weighted by molar-refractivity contribution is -0.113. The Hall–Kier alpha value is -2.65. The minimum absolute atomic E-state index is 0.150. The van der Waals surface area contributed by atoms with E-state index in [1.165, 1.54) is 34.2 Å². The van der Waals surface area contributed by atoms with Crippen molar-refractivity contribution in [2.75, 3.05) is 11.1 Å². The highest BCUT2D eigenvalue weighted by Gasteiger charge is 2.25. The van der Waals surface area contributed by atoms with Crippen molar-refractivity contribution < 1.29 is 9.59 Å². The molecule has 9 heteroatoms. The minimum Gasteiger partial charge on any atom is -0.366 e. The Labute approximate surface area is 195 Å². The van der Waals surface area contributed by atoms with Crippen molar-refractivity contribution in [1.82, 2.24) is 14.8 Å². The fourth-order valence-electron chi connectivity index (χ4n) is 4.01. The molecular formula is C23H27N5O2S2. The number of nitrogens with two attached hydrogens (primary N) is 1. The zero-order chi connectivity index (χ0) is 22.8. The number of thioether (sulfide) groups is 1. The minimum atomic E-state index is -0.578. The number of carbonyl (C=O) groups is 2. The van der Waals surface area contributed by atoms with Gasteiger partial charge in [0, 0.05) is 21.9 Å². The second kappa shape index (κ2) is 9.46. The summed E-state index contributed by atoms with van der Waals surface area (Å²) >= 11 is 3.15. The van der Waals surface area contributed by atoms with Crippen LogP contribution < -0.4 is 11.1 Å². The van der Waals surface area contributed by atoms with Crippen molar-refractivity contribution in [3.8, 4) is 11.4 Å². The molecule has 3 aromatic rings. The summed E-state index contributed by atoms with van der Waals surface area (Å²) in [5.74, 6) is 0.934. The molecule has 1 aliphatic rings. The van der Waals surface area contributed by atoms with E-state index in [0.717, 1.165) is 24.6 Å². The van der Waals surface area contributed by atoms with Gasteiger partial charge in [-0.15, -0.1) is 21.5 Å². The van der Waals surface area contributed by atoms with Gasteiger partial charge in [0.2, 0.25) is 5.91 Å². The molecular weight excluding hydrogens is 442 g/mol. The Morgan fingerprint density at radius 1 is 1.31 bits per heavy atom. The van der Waals surface area contributed by atoms with E-state index in [1.54, 1.807) is 24.3 Å². The monoisotopic (exact) mass is 469 g/mol. The van der Waals surface area contributed by atoms with Gasteiger partial charge in [-0.2, -0.15) is 0 Å². The first kappa shape index (κ1) is 22.5. The summed E-state index contributed by atoms with van der Waals surface area (Å²) in [5.41, 5.74) is 8.67. The molecule has 2 heterocycles. The van der Waals surface area contributed by atoms with Gasteiger partial charge in [-0.05, 0) is 56.7 Å². The third-order valence-corrected chi connectivity index (χ3v) is 7.62. The van der Waals surface area contributed by atoms with Crippen molar-refractivity contribution in [3.05, 3.63) is 45.6 Å². The molecule has 0 bridgehead atoms. The van der Waals surface area contributed by atoms with E-state index in [9.17, 15) is 9.59 Å². The fraction of sp³-hybridized carbons (Fsp3) is 0.391. The Balaban J connectivity index is 1.52. The molecule has 0 spiro atoms. The largest absolute Gasteiger partial charge is 0.366 e. The van der Waals surface area contributed by atoms with Gasteiger partial charge in [-0.1, -0.05) is 30.8 Å². The number of amides is 2. The third-order valence-electron chi connectivity index (χ3n) is 5.62. The Morgan fingerprint density at radius 3 is 2.84 bits per heavy atom. The predicted molar refractivity (Wildman–Crippen MR) is 129 cm³/mol. The zero-order valence-electron chi connectivity index (χ0n) is 18.4. The predicted octanol–water partition coefficient (Wildman–Crippen LogP) is 4.54. The number of carbonyl (C=O) groups excluding carboxylic acids is 2. The van der Waals surface area contributed by atoms with Gasteiger partial charge >= 0.3 is 0 Å². The Bertz CT molecular complexity index is 1150. The van der Waals surface area contributed by atoms with Crippen molar-refractivity contribution in [1.29, 1.82) is 0 Å². The first-order valence-electron chi connectivity index (χ1n) is 10.7. The number of para-hydroxylation sites is 1. The maximum absolute atomic E-state index is 12.6. The van der Waals surface area contributed by atoms with Crippen molar-refractivity contribution in [2.24, 2.45) is 11.7 Å². The Kier molecular flexibility index (Phi) is 6.66. The summed E-state index contributed by atoms with van der Waals surface area (Å²) in [6.45, 7) is 6.50. The molecule has 1 aromatic carbocycles. The van der Waals surface area contributed by atoms with E-state index >= 15 is 0 Å². The summed E-state index contributed by atoms with van der Waals surface area (Å²) in [5, 5.41) is 14.6. The number of hydrogen-bond donors (Lipinski definition) is 2. The van der Waals surface area contributed by atoms with Crippen LogP contribution in [0, 0.1) is 5.92 Å². The first-order valence-corrected chi connectivity index (χ1v) is 12.6. The maximum atomic E-state index is 12.6. The summed E-state index contributed by atoms with van der Waals surface area (Å²) < 4.78 is 2.11. The van der Waals surface area contributed by atoms with Gasteiger partial charge in [0.05, 0.1) is 17.0 Å². The lowest BCUT2D eigenvalue weighted by Crippen LogP contribution is -2.19. The van der Waals surface area contributed by atoms with Crippen molar-refractivity contribution in [2.45, 2.75) is 51.2 Å². The van der Waals surface area contributed by atoms with Crippen LogP contribution in [0.5, 0.6) is 0 Å². The smallest absolute Gasteiger partial charge is 0.250 e. The van der Waals surface area contributed by atoms with Crippen LogP contribution in [0.25, 0.3) is 11.4 Å². The molecule has 2 amide bonds. The van der Waals surface area contributed by atoms with Gasteiger partial charge in [0.1, 0.15) is 0 Å². The summed E-state index contributed by atoms with van der Waals surface area (Å²) in [7, 11) is 0. The van der Waals surface area contributed by atoms with Crippen LogP contribution in [0.4, 0.5) is 5.69 Å². The highest BCUT2D eigenvalue weighted by Crippen LogP contribution is 2.39. The SMILES string of the molecule is CC1CCc2c(-c3nnc(SCC(=O)Nc4ccccc4C(N)=O)n3C(C)C)csc2C1. The van der Waals surface area contributed by atoms with Gasteiger partial charge in [-0.3, -0.25) is 14.2 Å². The van der Waals surface area contributed by atoms with Crippen LogP contribution in [0.1, 0.15) is 54.0 Å². The molecule has 32 heavy (non-hydrogen) atoms. The van der Waals surface area contributed by atoms with Crippen LogP contribution in [0.15, 0.2) is 34.8 Å².